The van der Waals surface area contributed by atoms with E-state index >= 15 is 0 Å². The Hall–Kier alpha value is -4.37. The van der Waals surface area contributed by atoms with Crippen molar-refractivity contribution in [1.82, 2.24) is 25.8 Å². The standard InChI is InChI=1S/C54H87N5O10Si2/c1-36(2)34-41(57-42(60)29-26-38-22-19-18-20-23-38)48(62)56-32-21-31-55-43(50(63)67-52(4,5)6)44(61)45-46(68-70(14,15)53(7,8)9)47(69-71(16,17)54(10,11)12)49(66-45)58-33-30-37(3)59(51(58)64)35-39-24-27-40(65-13)28-25-39/h18-20,22-25,27-28,30,33,36,41,43-47,49,55,61H,3,21,26,29,31-32,34-35H2,1-2,4-17H3,(H,56,62)(H,57,60). The summed E-state index contributed by atoms with van der Waals surface area (Å²) in [7, 11) is -3.80. The summed E-state index contributed by atoms with van der Waals surface area (Å²) < 4.78 is 32.9. The molecule has 2 aliphatic rings. The van der Waals surface area contributed by atoms with Gasteiger partial charge in [-0.3, -0.25) is 24.2 Å². The molecule has 0 radical (unpaired) electrons. The SMILES string of the molecule is C=C1C=CN(C2OC(C(O)C(NCCCNC(=O)C(CC(C)C)NC(=O)CCc3ccccc3)C(=O)OC(C)(C)C)C(O[Si](C)(C)C(C)(C)C)C2O[Si](C)(C)C(C)(C)C)C(=O)N1Cc1ccc(OC)cc1. The monoisotopic (exact) mass is 1020 g/mol. The molecule has 0 aromatic heterocycles. The van der Waals surface area contributed by atoms with Crippen molar-refractivity contribution in [1.29, 1.82) is 0 Å². The lowest BCUT2D eigenvalue weighted by Gasteiger charge is -2.45. The van der Waals surface area contributed by atoms with Crippen LogP contribution in [0.1, 0.15) is 107 Å². The Bertz CT molecular complexity index is 2130. The number of nitrogens with one attached hydrogen (secondary N) is 3. The quantitative estimate of drug-likeness (QED) is 0.0476. The summed E-state index contributed by atoms with van der Waals surface area (Å²) in [6, 6.07) is 14.7. The maximum atomic E-state index is 14.8. The number of benzene rings is 2. The summed E-state index contributed by atoms with van der Waals surface area (Å²) in [4.78, 5) is 58.7. The van der Waals surface area contributed by atoms with Gasteiger partial charge in [0.2, 0.25) is 11.8 Å². The highest BCUT2D eigenvalue weighted by Crippen LogP contribution is 2.45. The first kappa shape index (κ1) is 59.2. The van der Waals surface area contributed by atoms with Crippen molar-refractivity contribution in [3.63, 3.8) is 0 Å². The van der Waals surface area contributed by atoms with Crippen molar-refractivity contribution >= 4 is 40.4 Å². The molecule has 1 fully saturated rings. The molecule has 71 heavy (non-hydrogen) atoms. The van der Waals surface area contributed by atoms with Crippen molar-refractivity contribution in [3.8, 4) is 5.75 Å². The molecular formula is C54H87N5O10Si2. The molecule has 7 unspecified atom stereocenters. The van der Waals surface area contributed by atoms with E-state index in [4.69, 9.17) is 23.1 Å². The zero-order valence-electron chi connectivity index (χ0n) is 45.6. The molecule has 7 atom stereocenters. The number of carbonyl (C=O) groups is 4. The Morgan fingerprint density at radius 1 is 0.845 bits per heavy atom. The number of aliphatic hydroxyl groups is 1. The summed E-state index contributed by atoms with van der Waals surface area (Å²) >= 11 is 0. The molecule has 1 saturated heterocycles. The maximum absolute atomic E-state index is 14.8. The van der Waals surface area contributed by atoms with Crippen molar-refractivity contribution in [2.24, 2.45) is 5.92 Å². The molecule has 396 valence electrons. The van der Waals surface area contributed by atoms with E-state index in [1.165, 1.54) is 4.90 Å². The van der Waals surface area contributed by atoms with Crippen molar-refractivity contribution < 1.29 is 47.3 Å². The Labute approximate surface area is 427 Å². The molecule has 4 rings (SSSR count). The first-order valence-electron chi connectivity index (χ1n) is 25.2. The zero-order chi connectivity index (χ0) is 53.3. The Morgan fingerprint density at radius 3 is 1.99 bits per heavy atom. The van der Waals surface area contributed by atoms with Crippen molar-refractivity contribution in [2.45, 2.75) is 193 Å². The van der Waals surface area contributed by atoms with E-state index in [-0.39, 0.29) is 53.9 Å². The van der Waals surface area contributed by atoms with Crippen LogP contribution in [-0.4, -0.2) is 124 Å². The predicted octanol–water partition coefficient (Wildman–Crippen LogP) is 8.80. The Morgan fingerprint density at radius 2 is 1.44 bits per heavy atom. The number of ether oxygens (including phenoxy) is 3. The predicted molar refractivity (Wildman–Crippen MR) is 284 cm³/mol. The van der Waals surface area contributed by atoms with Crippen LogP contribution >= 0.6 is 0 Å². The van der Waals surface area contributed by atoms with E-state index < -0.39 is 77.0 Å². The van der Waals surface area contributed by atoms with E-state index in [1.54, 1.807) is 45.1 Å². The van der Waals surface area contributed by atoms with Gasteiger partial charge in [0.1, 0.15) is 47.9 Å². The van der Waals surface area contributed by atoms with Crippen LogP contribution in [0, 0.1) is 5.92 Å². The maximum Gasteiger partial charge on any atom is 0.331 e. The van der Waals surface area contributed by atoms with E-state index in [0.29, 0.717) is 30.7 Å². The summed E-state index contributed by atoms with van der Waals surface area (Å²) in [6.07, 6.45) is -0.680. The largest absolute Gasteiger partial charge is 0.497 e. The van der Waals surface area contributed by atoms with Gasteiger partial charge in [-0.05, 0) is 118 Å². The van der Waals surface area contributed by atoms with Gasteiger partial charge in [0.15, 0.2) is 22.9 Å². The molecule has 0 bridgehead atoms. The molecule has 4 amide bonds. The second-order valence-corrected chi connectivity index (χ2v) is 33.0. The van der Waals surface area contributed by atoms with Gasteiger partial charge < -0.3 is 44.1 Å². The van der Waals surface area contributed by atoms with E-state index in [9.17, 15) is 24.3 Å². The number of methoxy groups -OCH3 is 1. The van der Waals surface area contributed by atoms with Crippen LogP contribution in [0.2, 0.25) is 36.3 Å². The lowest BCUT2D eigenvalue weighted by atomic mass is 9.99. The van der Waals surface area contributed by atoms with Crippen LogP contribution in [-0.2, 0) is 45.7 Å². The minimum absolute atomic E-state index is 0.147. The highest BCUT2D eigenvalue weighted by Gasteiger charge is 2.59. The molecule has 2 aromatic carbocycles. The van der Waals surface area contributed by atoms with Gasteiger partial charge in [-0.15, -0.1) is 0 Å². The number of hydrogen-bond acceptors (Lipinski definition) is 11. The number of nitrogens with zero attached hydrogens (tertiary/aromatic N) is 2. The first-order chi connectivity index (χ1) is 32.9. The Kier molecular flexibility index (Phi) is 20.5. The third-order valence-electron chi connectivity index (χ3n) is 13.9. The van der Waals surface area contributed by atoms with Gasteiger partial charge >= 0.3 is 12.0 Å². The highest BCUT2D eigenvalue weighted by molar-refractivity contribution is 6.74. The molecule has 0 spiro atoms. The number of hydrogen-bond donors (Lipinski definition) is 4. The second-order valence-electron chi connectivity index (χ2n) is 23.4. The number of rotatable bonds is 23. The fraction of sp³-hybridized carbons (Fsp3) is 0.630. The third kappa shape index (κ3) is 16.6. The summed E-state index contributed by atoms with van der Waals surface area (Å²) in [5.41, 5.74) is 1.47. The van der Waals surface area contributed by atoms with Gasteiger partial charge in [0, 0.05) is 24.9 Å². The molecule has 2 aromatic rings. The number of aliphatic hydroxyl groups excluding tert-OH is 1. The van der Waals surface area contributed by atoms with Gasteiger partial charge in [0.25, 0.3) is 0 Å². The van der Waals surface area contributed by atoms with Gasteiger partial charge in [-0.25, -0.2) is 4.79 Å². The normalized spacial score (nSPS) is 20.5. The second kappa shape index (κ2) is 24.6. The minimum atomic E-state index is -2.71. The number of aryl methyl sites for hydroxylation is 1. The summed E-state index contributed by atoms with van der Waals surface area (Å²) in [6.45, 7) is 35.3. The van der Waals surface area contributed by atoms with E-state index in [1.807, 2.05) is 68.4 Å². The Balaban J connectivity index is 1.66. The zero-order valence-corrected chi connectivity index (χ0v) is 47.6. The van der Waals surface area contributed by atoms with Crippen LogP contribution < -0.4 is 20.7 Å². The summed E-state index contributed by atoms with van der Waals surface area (Å²) in [5, 5.41) is 21.4. The lowest BCUT2D eigenvalue weighted by molar-refractivity contribution is -0.166. The van der Waals surface area contributed by atoms with Gasteiger partial charge in [-0.2, -0.15) is 0 Å². The van der Waals surface area contributed by atoms with Crippen LogP contribution in [0.15, 0.2) is 79.1 Å². The van der Waals surface area contributed by atoms with E-state index in [0.717, 1.165) is 11.1 Å². The molecule has 2 heterocycles. The van der Waals surface area contributed by atoms with Crippen molar-refractivity contribution in [2.75, 3.05) is 20.2 Å². The smallest absolute Gasteiger partial charge is 0.331 e. The number of esters is 1. The molecule has 0 aliphatic carbocycles. The minimum Gasteiger partial charge on any atom is -0.497 e. The number of urea groups is 1. The number of carbonyl (C=O) groups excluding carboxylic acids is 4. The van der Waals surface area contributed by atoms with Crippen LogP contribution in [0.4, 0.5) is 4.79 Å². The molecule has 15 nitrogen and oxygen atoms in total. The molecule has 17 heteroatoms. The first-order valence-corrected chi connectivity index (χ1v) is 31.0. The lowest BCUT2D eigenvalue weighted by Crippen LogP contribution is -2.60. The highest BCUT2D eigenvalue weighted by atomic mass is 28.4. The average Bonchev–Trinajstić information content (AvgIpc) is 3.59. The van der Waals surface area contributed by atoms with Crippen LogP contribution in [0.3, 0.4) is 0 Å². The number of amides is 4. The molecule has 2 aliphatic heterocycles. The topological polar surface area (TPSA) is 177 Å². The third-order valence-corrected chi connectivity index (χ3v) is 22.8. The fourth-order valence-corrected chi connectivity index (χ4v) is 10.4. The van der Waals surface area contributed by atoms with E-state index in [2.05, 4.69) is 90.3 Å². The molecule has 4 N–H and O–H groups in total. The number of allylic oxidation sites excluding steroid dienone is 1. The summed E-state index contributed by atoms with van der Waals surface area (Å²) in [5.74, 6) is -0.373. The van der Waals surface area contributed by atoms with Gasteiger partial charge in [0.05, 0.1) is 13.7 Å². The average molecular weight is 1020 g/mol. The van der Waals surface area contributed by atoms with Crippen molar-refractivity contribution in [3.05, 3.63) is 90.3 Å². The molecule has 0 saturated carbocycles. The fourth-order valence-electron chi connectivity index (χ4n) is 7.77. The van der Waals surface area contributed by atoms with Gasteiger partial charge in [-0.1, -0.05) is 104 Å². The van der Waals surface area contributed by atoms with Crippen LogP contribution in [0.25, 0.3) is 0 Å². The molecular weight excluding hydrogens is 935 g/mol. The van der Waals surface area contributed by atoms with Crippen LogP contribution in [0.5, 0.6) is 5.75 Å².